The van der Waals surface area contributed by atoms with Gasteiger partial charge in [-0.05, 0) is 38.0 Å². The van der Waals surface area contributed by atoms with E-state index >= 15 is 0 Å². The lowest BCUT2D eigenvalue weighted by atomic mass is 9.87. The molecule has 1 heterocycles. The average Bonchev–Trinajstić information content (AvgIpc) is 2.41. The molecule has 2 rings (SSSR count). The molecule has 0 radical (unpaired) electrons. The van der Waals surface area contributed by atoms with Crippen LogP contribution in [0.4, 0.5) is 11.6 Å². The van der Waals surface area contributed by atoms with Crippen molar-refractivity contribution in [3.63, 3.8) is 0 Å². The number of anilines is 2. The summed E-state index contributed by atoms with van der Waals surface area (Å²) in [5.41, 5.74) is 6.94. The van der Waals surface area contributed by atoms with Crippen LogP contribution in [0.2, 0.25) is 0 Å². The predicted molar refractivity (Wildman–Crippen MR) is 76.9 cm³/mol. The molecule has 0 aromatic carbocycles. The lowest BCUT2D eigenvalue weighted by Crippen LogP contribution is -2.24. The zero-order valence-corrected chi connectivity index (χ0v) is 11.6. The highest BCUT2D eigenvalue weighted by atomic mass is 16.3. The summed E-state index contributed by atoms with van der Waals surface area (Å²) in [6.45, 7) is 3.03. The van der Waals surface area contributed by atoms with E-state index in [1.165, 1.54) is 6.33 Å². The highest BCUT2D eigenvalue weighted by molar-refractivity contribution is 5.54. The Labute approximate surface area is 114 Å². The number of aliphatic hydroxyl groups is 1. The van der Waals surface area contributed by atoms with Gasteiger partial charge in [-0.2, -0.15) is 0 Å². The zero-order chi connectivity index (χ0) is 13.7. The zero-order valence-electron chi connectivity index (χ0n) is 11.6. The number of nitrogen functional groups attached to an aromatic ring is 1. The van der Waals surface area contributed by atoms with Crippen molar-refractivity contribution < 1.29 is 5.11 Å². The molecule has 0 saturated heterocycles. The molecule has 1 aromatic rings. The van der Waals surface area contributed by atoms with Gasteiger partial charge in [0, 0.05) is 12.1 Å². The van der Waals surface area contributed by atoms with Gasteiger partial charge in [0.2, 0.25) is 0 Å². The second-order valence-electron chi connectivity index (χ2n) is 5.39. The van der Waals surface area contributed by atoms with Gasteiger partial charge >= 0.3 is 0 Å². The number of rotatable bonds is 5. The van der Waals surface area contributed by atoms with Crippen LogP contribution in [0.1, 0.15) is 44.6 Å². The molecule has 0 unspecified atom stereocenters. The molecule has 1 saturated carbocycles. The van der Waals surface area contributed by atoms with E-state index in [-0.39, 0.29) is 6.10 Å². The number of nitrogens with two attached hydrogens (primary N) is 1. The van der Waals surface area contributed by atoms with Gasteiger partial charge in [0.15, 0.2) is 0 Å². The van der Waals surface area contributed by atoms with Crippen molar-refractivity contribution in [3.8, 4) is 0 Å². The van der Waals surface area contributed by atoms with Gasteiger partial charge in [-0.15, -0.1) is 0 Å². The van der Waals surface area contributed by atoms with Crippen LogP contribution in [0.5, 0.6) is 0 Å². The molecule has 1 aliphatic rings. The van der Waals surface area contributed by atoms with E-state index in [1.54, 1.807) is 0 Å². The molecule has 1 aromatic heterocycles. The number of aromatic nitrogens is 2. The monoisotopic (exact) mass is 264 g/mol. The van der Waals surface area contributed by atoms with E-state index in [9.17, 15) is 5.11 Å². The van der Waals surface area contributed by atoms with Crippen molar-refractivity contribution in [1.82, 2.24) is 9.97 Å². The fourth-order valence-electron chi connectivity index (χ4n) is 2.66. The molecule has 4 N–H and O–H groups in total. The van der Waals surface area contributed by atoms with Crippen LogP contribution in [-0.2, 0) is 6.42 Å². The second-order valence-corrected chi connectivity index (χ2v) is 5.39. The van der Waals surface area contributed by atoms with Gasteiger partial charge in [-0.25, -0.2) is 9.97 Å². The molecule has 0 spiro atoms. The molecule has 0 aliphatic heterocycles. The fraction of sp³-hybridized carbons (Fsp3) is 0.714. The summed E-state index contributed by atoms with van der Waals surface area (Å²) in [5.74, 6) is 2.08. The van der Waals surface area contributed by atoms with Crippen LogP contribution >= 0.6 is 0 Å². The van der Waals surface area contributed by atoms with Crippen molar-refractivity contribution in [1.29, 1.82) is 0 Å². The van der Waals surface area contributed by atoms with E-state index in [2.05, 4.69) is 22.2 Å². The van der Waals surface area contributed by atoms with Crippen LogP contribution in [0, 0.1) is 5.92 Å². The maximum atomic E-state index is 9.51. The minimum absolute atomic E-state index is 0.0957. The van der Waals surface area contributed by atoms with Gasteiger partial charge in [0.05, 0.1) is 6.10 Å². The van der Waals surface area contributed by atoms with Gasteiger partial charge in [0.25, 0.3) is 0 Å². The van der Waals surface area contributed by atoms with Crippen LogP contribution in [0.15, 0.2) is 6.33 Å². The molecule has 1 fully saturated rings. The van der Waals surface area contributed by atoms with E-state index in [1.807, 2.05) is 0 Å². The van der Waals surface area contributed by atoms with E-state index < -0.39 is 0 Å². The first-order valence-electron chi connectivity index (χ1n) is 7.22. The van der Waals surface area contributed by atoms with Crippen LogP contribution in [0.3, 0.4) is 0 Å². The van der Waals surface area contributed by atoms with Crippen molar-refractivity contribution in [2.75, 3.05) is 17.6 Å². The standard InChI is InChI=1S/C14H24N4O/c1-2-3-12-13(15)17-9-18-14(12)16-8-10-4-6-11(19)7-5-10/h9-11,19H,2-8H2,1H3,(H3,15,16,17,18). The Balaban J connectivity index is 1.93. The number of hydrogen-bond acceptors (Lipinski definition) is 5. The van der Waals surface area contributed by atoms with Crippen molar-refractivity contribution in [2.45, 2.75) is 51.6 Å². The molecular formula is C14H24N4O. The van der Waals surface area contributed by atoms with Gasteiger partial charge in [0.1, 0.15) is 18.0 Å². The summed E-state index contributed by atoms with van der Waals surface area (Å²) in [7, 11) is 0. The third-order valence-electron chi connectivity index (χ3n) is 3.85. The number of aliphatic hydroxyl groups excluding tert-OH is 1. The lowest BCUT2D eigenvalue weighted by molar-refractivity contribution is 0.111. The Bertz CT molecular complexity index is 402. The highest BCUT2D eigenvalue weighted by Gasteiger charge is 2.19. The number of hydrogen-bond donors (Lipinski definition) is 3. The number of nitrogens with zero attached hydrogens (tertiary/aromatic N) is 2. The van der Waals surface area contributed by atoms with Crippen LogP contribution < -0.4 is 11.1 Å². The van der Waals surface area contributed by atoms with Gasteiger partial charge in [-0.3, -0.25) is 0 Å². The summed E-state index contributed by atoms with van der Waals surface area (Å²) in [4.78, 5) is 8.36. The quantitative estimate of drug-likeness (QED) is 0.757. The summed E-state index contributed by atoms with van der Waals surface area (Å²) in [5, 5.41) is 12.9. The van der Waals surface area contributed by atoms with E-state index in [0.717, 1.165) is 56.5 Å². The summed E-state index contributed by atoms with van der Waals surface area (Å²) >= 11 is 0. The molecule has 5 nitrogen and oxygen atoms in total. The third kappa shape index (κ3) is 3.80. The Morgan fingerprint density at radius 3 is 2.74 bits per heavy atom. The molecule has 19 heavy (non-hydrogen) atoms. The Hall–Kier alpha value is -1.36. The molecule has 0 bridgehead atoms. The van der Waals surface area contributed by atoms with Gasteiger partial charge in [-0.1, -0.05) is 13.3 Å². The molecule has 1 aliphatic carbocycles. The summed E-state index contributed by atoms with van der Waals surface area (Å²) < 4.78 is 0. The summed E-state index contributed by atoms with van der Waals surface area (Å²) in [6.07, 6.45) is 7.35. The SMILES string of the molecule is CCCc1c(N)ncnc1NCC1CCC(O)CC1. The molecular weight excluding hydrogens is 240 g/mol. The minimum atomic E-state index is -0.0957. The summed E-state index contributed by atoms with van der Waals surface area (Å²) in [6, 6.07) is 0. The first kappa shape index (κ1) is 14.1. The molecule has 106 valence electrons. The lowest BCUT2D eigenvalue weighted by Gasteiger charge is -2.26. The average molecular weight is 264 g/mol. The largest absolute Gasteiger partial charge is 0.393 e. The Morgan fingerprint density at radius 2 is 2.05 bits per heavy atom. The van der Waals surface area contributed by atoms with Crippen molar-refractivity contribution in [3.05, 3.63) is 11.9 Å². The van der Waals surface area contributed by atoms with Crippen LogP contribution in [-0.4, -0.2) is 27.7 Å². The Kier molecular flexibility index (Phi) is 4.96. The van der Waals surface area contributed by atoms with Crippen molar-refractivity contribution in [2.24, 2.45) is 5.92 Å². The van der Waals surface area contributed by atoms with E-state index in [0.29, 0.717) is 11.7 Å². The predicted octanol–water partition coefficient (Wildman–Crippen LogP) is 1.97. The highest BCUT2D eigenvalue weighted by Crippen LogP contribution is 2.25. The van der Waals surface area contributed by atoms with Crippen molar-refractivity contribution >= 4 is 11.6 Å². The Morgan fingerprint density at radius 1 is 1.32 bits per heavy atom. The maximum Gasteiger partial charge on any atom is 0.134 e. The fourth-order valence-corrected chi connectivity index (χ4v) is 2.66. The topological polar surface area (TPSA) is 84.1 Å². The first-order valence-corrected chi connectivity index (χ1v) is 7.22. The van der Waals surface area contributed by atoms with Crippen LogP contribution in [0.25, 0.3) is 0 Å². The molecule has 0 atom stereocenters. The first-order chi connectivity index (χ1) is 9.20. The third-order valence-corrected chi connectivity index (χ3v) is 3.85. The second kappa shape index (κ2) is 6.70. The van der Waals surface area contributed by atoms with Gasteiger partial charge < -0.3 is 16.2 Å². The molecule has 0 amide bonds. The normalized spacial score (nSPS) is 23.3. The molecule has 5 heteroatoms. The van der Waals surface area contributed by atoms with E-state index in [4.69, 9.17) is 5.73 Å². The smallest absolute Gasteiger partial charge is 0.134 e. The number of nitrogens with one attached hydrogen (secondary N) is 1. The maximum absolute atomic E-state index is 9.51. The minimum Gasteiger partial charge on any atom is -0.393 e.